The number of carbonyl (C=O) groups excluding carboxylic acids is 5. The molecular formula is C82H108ClF3N18O12. The highest BCUT2D eigenvalue weighted by Crippen LogP contribution is 2.36. The molecule has 0 bridgehead atoms. The van der Waals surface area contributed by atoms with Gasteiger partial charge in [0.05, 0.1) is 112 Å². The number of aryl methyl sites for hydroxylation is 4. The average Bonchev–Trinajstić information content (AvgIpc) is 1.63. The number of ether oxygens (including phenoxy) is 5. The maximum absolute atomic E-state index is 14.1. The maximum atomic E-state index is 14.1. The number of halogens is 4. The summed E-state index contributed by atoms with van der Waals surface area (Å²) < 4.78 is 84.6. The summed E-state index contributed by atoms with van der Waals surface area (Å²) in [4.78, 5) is 62.5. The molecule has 5 aromatic heterocycles. The van der Waals surface area contributed by atoms with Crippen molar-refractivity contribution in [1.29, 1.82) is 0 Å². The van der Waals surface area contributed by atoms with E-state index in [-0.39, 0.29) is 58.6 Å². The van der Waals surface area contributed by atoms with Crippen molar-refractivity contribution in [2.75, 3.05) is 112 Å². The summed E-state index contributed by atoms with van der Waals surface area (Å²) in [5.41, 5.74) is 3.38. The van der Waals surface area contributed by atoms with E-state index in [1.165, 1.54) is 27.6 Å². The highest BCUT2D eigenvalue weighted by Gasteiger charge is 2.39. The summed E-state index contributed by atoms with van der Waals surface area (Å²) >= 11 is 6.28. The Bertz CT molecular complexity index is 4830. The lowest BCUT2D eigenvalue weighted by atomic mass is 9.95. The summed E-state index contributed by atoms with van der Waals surface area (Å²) in [7, 11) is 5.25. The molecular weight excluding hydrogens is 1520 g/mol. The fraction of sp³-hybridized carbons (Fsp3) is 0.512. The standard InChI is InChI=1S/C17H23FN4O2.C17H23N3O3.C16H21ClN4O2.C16H21FN4O2.C16H20FN3O3/c1-17(2,20-16(23)11-9-19-7-8-24-10-11)15-12-5-4-6-13(18)14(12)22(3)21-15;1-11-5-4-6-13-14(11)23-20-15(13)17(2,3)19-16(21)12-9-18-7-8-22-10-12;2*1-16(2,19-15(22)12-9-18-7-8-23-12)14-10-5-4-6-11(17)13(10)21(3)20-14;1-16(2,19-15(21)12-9-18-7-4-8-22-12)14-10-5-3-6-11(17)13(10)23-20-14/h4-6,11,19H,7-10H2,1-3H3,(H,20,23);4-6,12,18H,7-10H2,1-3H3,(H,19,21);2*4-6,12,18H,7-9H2,1-3H3,(H,19,22);3,5-6,12,18H,4,7-9H2,1-2H3,(H,19,21)/t;;2*12-;/m..00./s1. The van der Waals surface area contributed by atoms with Crippen LogP contribution in [0.25, 0.3) is 54.6 Å². The third-order valence-corrected chi connectivity index (χ3v) is 20.9. The lowest BCUT2D eigenvalue weighted by Gasteiger charge is -2.29. The van der Waals surface area contributed by atoms with E-state index in [4.69, 9.17) is 44.3 Å². The number of carbonyl (C=O) groups is 5. The van der Waals surface area contributed by atoms with E-state index in [0.29, 0.717) is 128 Å². The van der Waals surface area contributed by atoms with E-state index in [2.05, 4.69) is 78.8 Å². The summed E-state index contributed by atoms with van der Waals surface area (Å²) in [5, 5.41) is 57.0. The Hall–Kier alpha value is -9.52. The Morgan fingerprint density at radius 1 is 0.405 bits per heavy atom. The molecule has 626 valence electrons. The first-order chi connectivity index (χ1) is 55.2. The van der Waals surface area contributed by atoms with Gasteiger partial charge in [0, 0.05) is 108 Å². The number of nitrogens with one attached hydrogen (secondary N) is 10. The molecule has 5 fully saturated rings. The molecule has 5 saturated heterocycles. The van der Waals surface area contributed by atoms with Crippen LogP contribution in [0.1, 0.15) is 110 Å². The molecule has 34 heteroatoms. The summed E-state index contributed by atoms with van der Waals surface area (Å²) in [6, 6.07) is 26.0. The number of hydrogen-bond donors (Lipinski definition) is 10. The van der Waals surface area contributed by atoms with Crippen LogP contribution in [0.2, 0.25) is 5.02 Å². The second kappa shape index (κ2) is 37.8. The van der Waals surface area contributed by atoms with Crippen molar-refractivity contribution >= 4 is 95.8 Å². The Morgan fingerprint density at radius 3 is 1.18 bits per heavy atom. The van der Waals surface area contributed by atoms with Crippen LogP contribution in [0.3, 0.4) is 0 Å². The number of aromatic nitrogens is 8. The first kappa shape index (κ1) is 87.3. The van der Waals surface area contributed by atoms with Crippen LogP contribution in [0.15, 0.2) is 100 Å². The lowest BCUT2D eigenvalue weighted by molar-refractivity contribution is -0.136. The number of fused-ring (bicyclic) bond motifs is 5. The van der Waals surface area contributed by atoms with Gasteiger partial charge in [0.1, 0.15) is 52.4 Å². The number of nitrogens with zero attached hydrogens (tertiary/aromatic N) is 8. The average molecular weight is 1630 g/mol. The van der Waals surface area contributed by atoms with E-state index in [1.54, 1.807) is 56.9 Å². The first-order valence-electron chi connectivity index (χ1n) is 39.1. The van der Waals surface area contributed by atoms with Crippen LogP contribution in [0, 0.1) is 36.2 Å². The number of amides is 5. The molecule has 0 radical (unpaired) electrons. The quantitative estimate of drug-likeness (QED) is 0.0480. The van der Waals surface area contributed by atoms with Gasteiger partial charge in [-0.15, -0.1) is 0 Å². The molecule has 0 spiro atoms. The van der Waals surface area contributed by atoms with Gasteiger partial charge in [-0.1, -0.05) is 76.5 Å². The summed E-state index contributed by atoms with van der Waals surface area (Å²) in [6.45, 7) is 31.0. The minimum absolute atomic E-state index is 0.0341. The Labute approximate surface area is 676 Å². The molecule has 5 aromatic carbocycles. The van der Waals surface area contributed by atoms with Gasteiger partial charge in [0.2, 0.25) is 17.4 Å². The highest BCUT2D eigenvalue weighted by molar-refractivity contribution is 6.35. The first-order valence-corrected chi connectivity index (χ1v) is 39.4. The predicted octanol–water partition coefficient (Wildman–Crippen LogP) is 7.34. The van der Waals surface area contributed by atoms with E-state index >= 15 is 0 Å². The maximum Gasteiger partial charge on any atom is 0.251 e. The molecule has 5 atom stereocenters. The Balaban J connectivity index is 0.000000143. The van der Waals surface area contributed by atoms with Crippen molar-refractivity contribution in [2.24, 2.45) is 33.0 Å². The van der Waals surface area contributed by atoms with Gasteiger partial charge < -0.3 is 85.9 Å². The third kappa shape index (κ3) is 20.7. The zero-order chi connectivity index (χ0) is 83.4. The van der Waals surface area contributed by atoms with Crippen molar-refractivity contribution in [3.63, 3.8) is 0 Å². The molecule has 0 aliphatic carbocycles. The largest absolute Gasteiger partial charge is 0.379 e. The zero-order valence-corrected chi connectivity index (χ0v) is 69.0. The van der Waals surface area contributed by atoms with Crippen molar-refractivity contribution in [2.45, 2.75) is 129 Å². The topological polar surface area (TPSA) is 357 Å². The van der Waals surface area contributed by atoms with Gasteiger partial charge in [0.25, 0.3) is 17.7 Å². The van der Waals surface area contributed by atoms with Crippen LogP contribution in [0.5, 0.6) is 0 Å². The van der Waals surface area contributed by atoms with Crippen molar-refractivity contribution in [3.8, 4) is 0 Å². The smallest absolute Gasteiger partial charge is 0.251 e. The van der Waals surface area contributed by atoms with Gasteiger partial charge in [0.15, 0.2) is 11.4 Å². The zero-order valence-electron chi connectivity index (χ0n) is 68.3. The fourth-order valence-electron chi connectivity index (χ4n) is 14.6. The van der Waals surface area contributed by atoms with Gasteiger partial charge in [-0.3, -0.25) is 38.0 Å². The third-order valence-electron chi connectivity index (χ3n) is 20.6. The molecule has 116 heavy (non-hydrogen) atoms. The monoisotopic (exact) mass is 1630 g/mol. The van der Waals surface area contributed by atoms with Gasteiger partial charge in [-0.25, -0.2) is 13.2 Å². The molecule has 0 saturated carbocycles. The molecule has 3 unspecified atom stereocenters. The molecule has 15 rings (SSSR count). The van der Waals surface area contributed by atoms with E-state index in [9.17, 15) is 37.1 Å². The van der Waals surface area contributed by atoms with Gasteiger partial charge in [-0.05, 0) is 131 Å². The Kier molecular flexibility index (Phi) is 28.5. The van der Waals surface area contributed by atoms with Crippen molar-refractivity contribution < 1.29 is 69.9 Å². The number of benzene rings is 5. The molecule has 10 N–H and O–H groups in total. The number of hydrogen-bond acceptors (Lipinski definition) is 22. The minimum atomic E-state index is -0.814. The van der Waals surface area contributed by atoms with Crippen molar-refractivity contribution in [1.82, 2.24) is 92.8 Å². The van der Waals surface area contributed by atoms with Crippen LogP contribution >= 0.6 is 11.6 Å². The lowest BCUT2D eigenvalue weighted by Crippen LogP contribution is -2.52. The molecule has 10 aromatic rings. The van der Waals surface area contributed by atoms with Crippen LogP contribution in [-0.2, 0) is 96.5 Å². The highest BCUT2D eigenvalue weighted by atomic mass is 35.5. The second-order valence-corrected chi connectivity index (χ2v) is 32.4. The van der Waals surface area contributed by atoms with Crippen LogP contribution in [-0.4, -0.2) is 199 Å². The number of rotatable bonds is 15. The molecule has 5 aliphatic rings. The van der Waals surface area contributed by atoms with Crippen LogP contribution in [0.4, 0.5) is 13.2 Å². The van der Waals surface area contributed by atoms with Crippen molar-refractivity contribution in [3.05, 3.63) is 148 Å². The van der Waals surface area contributed by atoms with Gasteiger partial charge >= 0.3 is 0 Å². The van der Waals surface area contributed by atoms with E-state index < -0.39 is 51.8 Å². The Morgan fingerprint density at radius 2 is 0.741 bits per heavy atom. The molecule has 5 amide bonds. The molecule has 10 heterocycles. The summed E-state index contributed by atoms with van der Waals surface area (Å²) in [5.74, 6) is -2.26. The summed E-state index contributed by atoms with van der Waals surface area (Å²) in [6.07, 6.45) is -0.664. The fourth-order valence-corrected chi connectivity index (χ4v) is 14.9. The molecule has 5 aliphatic heterocycles. The second-order valence-electron chi connectivity index (χ2n) is 32.0. The van der Waals surface area contributed by atoms with Crippen LogP contribution < -0.4 is 53.2 Å². The van der Waals surface area contributed by atoms with E-state index in [1.807, 2.05) is 118 Å². The SMILES string of the molecule is CC(C)(NC(=O)C1CNCCCO1)c1noc2c(F)cccc12.Cc1cccc2c(C(C)(C)NC(=O)C3CNCCOC3)noc12.Cn1nc(C(C)(C)NC(=O)C2CNCCOC2)c2cccc(F)c21.Cn1nc(C(C)(C)NC(=O)[C@@H]2CNCCO2)c2cccc(Cl)c21.Cn1nc(C(C)(C)NC(=O)[C@@H]2CNCCO2)c2cccc(F)c21. The molecule has 30 nitrogen and oxygen atoms in total. The van der Waals surface area contributed by atoms with E-state index in [0.717, 1.165) is 78.0 Å². The normalized spacial score (nSPS) is 19.3. The number of morpholine rings is 2. The van der Waals surface area contributed by atoms with Gasteiger partial charge in [-0.2, -0.15) is 15.3 Å². The number of para-hydroxylation sites is 5. The minimum Gasteiger partial charge on any atom is -0.379 e. The predicted molar refractivity (Wildman–Crippen MR) is 432 cm³/mol.